The molecule has 1 N–H and O–H groups in total. The second-order valence-corrected chi connectivity index (χ2v) is 6.95. The molecule has 1 aliphatic heterocycles. The summed E-state index contributed by atoms with van der Waals surface area (Å²) >= 11 is 1.85. The van der Waals surface area contributed by atoms with Gasteiger partial charge in [-0.3, -0.25) is 4.79 Å². The van der Waals surface area contributed by atoms with Gasteiger partial charge in [0.25, 0.3) is 0 Å². The normalized spacial score (nSPS) is 13.4. The molecule has 0 saturated heterocycles. The molecule has 4 nitrogen and oxygen atoms in total. The number of aryl methyl sites for hydroxylation is 1. The highest BCUT2D eigenvalue weighted by atomic mass is 32.2. The van der Waals surface area contributed by atoms with E-state index >= 15 is 0 Å². The molecular formula is C18H23N3OS. The van der Waals surface area contributed by atoms with E-state index in [1.54, 1.807) is 0 Å². The fourth-order valence-electron chi connectivity index (χ4n) is 2.99. The van der Waals surface area contributed by atoms with Gasteiger partial charge >= 0.3 is 0 Å². The number of fused-ring (bicyclic) bond motifs is 1. The lowest BCUT2D eigenvalue weighted by atomic mass is 10.0. The van der Waals surface area contributed by atoms with Crippen LogP contribution in [0.15, 0.2) is 24.3 Å². The molecule has 0 fully saturated rings. The number of anilines is 1. The smallest absolute Gasteiger partial charge is 0.228 e. The van der Waals surface area contributed by atoms with E-state index in [1.807, 2.05) is 28.6 Å². The van der Waals surface area contributed by atoms with Crippen LogP contribution in [0.5, 0.6) is 0 Å². The standard InChI is InChI=1S/C18H23N3OS/c1-4-13(5-2)18(22)19-17-14-10-23-11-15(14)20-21(17)16-9-7-6-8-12(16)3/h6-9,13H,4-5,10-11H2,1-3H3,(H,19,22). The van der Waals surface area contributed by atoms with Crippen LogP contribution in [0.25, 0.3) is 5.69 Å². The van der Waals surface area contributed by atoms with Crippen LogP contribution in [0.3, 0.4) is 0 Å². The molecule has 0 unspecified atom stereocenters. The number of para-hydroxylation sites is 1. The van der Waals surface area contributed by atoms with Crippen molar-refractivity contribution in [2.75, 3.05) is 5.32 Å². The summed E-state index contributed by atoms with van der Waals surface area (Å²) in [4.78, 5) is 12.6. The summed E-state index contributed by atoms with van der Waals surface area (Å²) in [7, 11) is 0. The third-order valence-electron chi connectivity index (χ3n) is 4.49. The summed E-state index contributed by atoms with van der Waals surface area (Å²) in [6.07, 6.45) is 1.72. The van der Waals surface area contributed by atoms with E-state index in [-0.39, 0.29) is 11.8 Å². The van der Waals surface area contributed by atoms with Crippen molar-refractivity contribution in [2.24, 2.45) is 5.92 Å². The summed E-state index contributed by atoms with van der Waals surface area (Å²) in [5.74, 6) is 2.85. The lowest BCUT2D eigenvalue weighted by Crippen LogP contribution is -2.24. The van der Waals surface area contributed by atoms with Gasteiger partial charge in [-0.05, 0) is 31.4 Å². The minimum Gasteiger partial charge on any atom is -0.310 e. The Hall–Kier alpha value is -1.75. The van der Waals surface area contributed by atoms with Crippen molar-refractivity contribution in [1.82, 2.24) is 9.78 Å². The molecule has 0 aliphatic carbocycles. The van der Waals surface area contributed by atoms with E-state index in [9.17, 15) is 4.79 Å². The molecule has 0 spiro atoms. The lowest BCUT2D eigenvalue weighted by molar-refractivity contribution is -0.120. The van der Waals surface area contributed by atoms with Gasteiger partial charge < -0.3 is 5.32 Å². The Bertz CT molecular complexity index is 719. The molecule has 1 aliphatic rings. The summed E-state index contributed by atoms with van der Waals surface area (Å²) in [6, 6.07) is 8.16. The molecule has 5 heteroatoms. The topological polar surface area (TPSA) is 46.9 Å². The third kappa shape index (κ3) is 3.02. The van der Waals surface area contributed by atoms with Crippen molar-refractivity contribution in [3.05, 3.63) is 41.1 Å². The fourth-order valence-corrected chi connectivity index (χ4v) is 4.03. The van der Waals surface area contributed by atoms with Gasteiger partial charge in [-0.1, -0.05) is 32.0 Å². The van der Waals surface area contributed by atoms with Crippen LogP contribution < -0.4 is 5.32 Å². The number of carbonyl (C=O) groups is 1. The number of hydrogen-bond donors (Lipinski definition) is 1. The Morgan fingerprint density at radius 1 is 1.30 bits per heavy atom. The molecular weight excluding hydrogens is 306 g/mol. The van der Waals surface area contributed by atoms with Crippen LogP contribution in [0.4, 0.5) is 5.82 Å². The molecule has 1 aromatic heterocycles. The van der Waals surface area contributed by atoms with Crippen molar-refractivity contribution in [3.8, 4) is 5.69 Å². The van der Waals surface area contributed by atoms with Crippen molar-refractivity contribution in [2.45, 2.75) is 45.1 Å². The van der Waals surface area contributed by atoms with Crippen molar-refractivity contribution in [3.63, 3.8) is 0 Å². The lowest BCUT2D eigenvalue weighted by Gasteiger charge is -2.16. The van der Waals surface area contributed by atoms with Crippen LogP contribution in [0.2, 0.25) is 0 Å². The summed E-state index contributed by atoms with van der Waals surface area (Å²) in [6.45, 7) is 6.20. The largest absolute Gasteiger partial charge is 0.310 e. The molecule has 2 aromatic rings. The van der Waals surface area contributed by atoms with Crippen LogP contribution in [-0.4, -0.2) is 15.7 Å². The zero-order valence-electron chi connectivity index (χ0n) is 13.9. The highest BCUT2D eigenvalue weighted by Gasteiger charge is 2.26. The monoisotopic (exact) mass is 329 g/mol. The molecule has 0 radical (unpaired) electrons. The van der Waals surface area contributed by atoms with Crippen LogP contribution >= 0.6 is 11.8 Å². The molecule has 122 valence electrons. The average molecular weight is 329 g/mol. The van der Waals surface area contributed by atoms with E-state index in [1.165, 1.54) is 5.56 Å². The molecule has 23 heavy (non-hydrogen) atoms. The maximum absolute atomic E-state index is 12.6. The highest BCUT2D eigenvalue weighted by molar-refractivity contribution is 7.98. The van der Waals surface area contributed by atoms with Gasteiger partial charge in [-0.25, -0.2) is 4.68 Å². The Morgan fingerprint density at radius 2 is 2.04 bits per heavy atom. The fraction of sp³-hybridized carbons (Fsp3) is 0.444. The Morgan fingerprint density at radius 3 is 2.74 bits per heavy atom. The second kappa shape index (κ2) is 6.79. The number of nitrogens with zero attached hydrogens (tertiary/aromatic N) is 2. The highest BCUT2D eigenvalue weighted by Crippen LogP contribution is 2.36. The van der Waals surface area contributed by atoms with Gasteiger partial charge in [-0.15, -0.1) is 0 Å². The van der Waals surface area contributed by atoms with E-state index in [0.29, 0.717) is 0 Å². The molecule has 1 amide bonds. The Balaban J connectivity index is 2.02. The molecule has 0 bridgehead atoms. The minimum atomic E-state index is 0.0555. The predicted octanol–water partition coefficient (Wildman–Crippen LogP) is 4.30. The summed E-state index contributed by atoms with van der Waals surface area (Å²) in [5.41, 5.74) is 4.46. The van der Waals surface area contributed by atoms with Gasteiger partial charge in [0.05, 0.1) is 11.4 Å². The predicted molar refractivity (Wildman–Crippen MR) is 96.0 cm³/mol. The van der Waals surface area contributed by atoms with Gasteiger partial charge in [0, 0.05) is 23.0 Å². The minimum absolute atomic E-state index is 0.0555. The van der Waals surface area contributed by atoms with E-state index < -0.39 is 0 Å². The Kier molecular flexibility index (Phi) is 4.76. The van der Waals surface area contributed by atoms with Gasteiger partial charge in [-0.2, -0.15) is 16.9 Å². The summed E-state index contributed by atoms with van der Waals surface area (Å²) < 4.78 is 1.92. The number of rotatable bonds is 5. The van der Waals surface area contributed by atoms with Crippen LogP contribution in [0, 0.1) is 12.8 Å². The van der Waals surface area contributed by atoms with Gasteiger partial charge in [0.1, 0.15) is 5.82 Å². The zero-order chi connectivity index (χ0) is 16.4. The maximum atomic E-state index is 12.6. The van der Waals surface area contributed by atoms with E-state index in [2.05, 4.69) is 38.2 Å². The molecule has 0 atom stereocenters. The number of carbonyl (C=O) groups excluding carboxylic acids is 1. The first-order valence-electron chi connectivity index (χ1n) is 8.21. The second-order valence-electron chi connectivity index (χ2n) is 5.97. The first-order chi connectivity index (χ1) is 11.2. The number of aromatic nitrogens is 2. The van der Waals surface area contributed by atoms with Gasteiger partial charge in [0.15, 0.2) is 0 Å². The number of thioether (sulfide) groups is 1. The maximum Gasteiger partial charge on any atom is 0.228 e. The zero-order valence-corrected chi connectivity index (χ0v) is 14.7. The average Bonchev–Trinajstić information content (AvgIpc) is 3.12. The molecule has 2 heterocycles. The van der Waals surface area contributed by atoms with Crippen molar-refractivity contribution < 1.29 is 4.79 Å². The number of nitrogens with one attached hydrogen (secondary N) is 1. The van der Waals surface area contributed by atoms with Crippen molar-refractivity contribution >= 4 is 23.5 Å². The van der Waals surface area contributed by atoms with Gasteiger partial charge in [0.2, 0.25) is 5.91 Å². The van der Waals surface area contributed by atoms with Crippen molar-refractivity contribution in [1.29, 1.82) is 0 Å². The third-order valence-corrected chi connectivity index (χ3v) is 5.46. The molecule has 3 rings (SSSR count). The number of hydrogen-bond acceptors (Lipinski definition) is 3. The number of amides is 1. The quantitative estimate of drug-likeness (QED) is 0.889. The van der Waals surface area contributed by atoms with Crippen LogP contribution in [0.1, 0.15) is 43.5 Å². The summed E-state index contributed by atoms with van der Waals surface area (Å²) in [5, 5.41) is 7.93. The number of benzene rings is 1. The SMILES string of the molecule is CCC(CC)C(=O)Nc1c2c(nn1-c1ccccc1C)CSC2. The molecule has 0 saturated carbocycles. The van der Waals surface area contributed by atoms with E-state index in [4.69, 9.17) is 5.10 Å². The first kappa shape index (κ1) is 16.1. The first-order valence-corrected chi connectivity index (χ1v) is 9.36. The molecule has 1 aromatic carbocycles. The van der Waals surface area contributed by atoms with E-state index in [0.717, 1.165) is 47.1 Å². The van der Waals surface area contributed by atoms with Crippen LogP contribution in [-0.2, 0) is 16.3 Å². The Labute approximate surface area is 141 Å².